The van der Waals surface area contributed by atoms with Gasteiger partial charge in [-0.05, 0) is 0 Å². The summed E-state index contributed by atoms with van der Waals surface area (Å²) in [6.45, 7) is 3.56. The van der Waals surface area contributed by atoms with E-state index >= 15 is 0 Å². The molecule has 0 saturated heterocycles. The molecule has 0 aliphatic carbocycles. The highest BCUT2D eigenvalue weighted by molar-refractivity contribution is 5.77. The molecular formula is C6H10N2O2. The summed E-state index contributed by atoms with van der Waals surface area (Å²) in [5.74, 6) is -0.180. The van der Waals surface area contributed by atoms with E-state index in [2.05, 4.69) is 10.3 Å². The van der Waals surface area contributed by atoms with Crippen molar-refractivity contribution in [1.29, 1.82) is 0 Å². The number of isocyanates is 1. The maximum absolute atomic E-state index is 10.7. The molecule has 0 atom stereocenters. The predicted molar refractivity (Wildman–Crippen MR) is 36.0 cm³/mol. The lowest BCUT2D eigenvalue weighted by molar-refractivity contribution is -0.123. The molecule has 0 aromatic rings. The van der Waals surface area contributed by atoms with Gasteiger partial charge in [-0.2, -0.15) is 4.99 Å². The Balaban J connectivity index is 3.49. The lowest BCUT2D eigenvalue weighted by Crippen LogP contribution is -2.27. The molecular weight excluding hydrogens is 132 g/mol. The van der Waals surface area contributed by atoms with Crippen LogP contribution in [-0.4, -0.2) is 18.7 Å². The van der Waals surface area contributed by atoms with E-state index in [0.717, 1.165) is 0 Å². The Hall–Kier alpha value is -1.15. The third kappa shape index (κ3) is 3.80. The van der Waals surface area contributed by atoms with Crippen LogP contribution in [0.5, 0.6) is 0 Å². The molecule has 0 spiro atoms. The van der Waals surface area contributed by atoms with Gasteiger partial charge in [0.25, 0.3) is 0 Å². The minimum absolute atomic E-state index is 0.0283. The summed E-state index contributed by atoms with van der Waals surface area (Å²) in [6, 6.07) is 0. The van der Waals surface area contributed by atoms with Crippen LogP contribution in [0.1, 0.15) is 13.8 Å². The lowest BCUT2D eigenvalue weighted by Gasteiger charge is -2.02. The molecule has 1 amide bonds. The van der Waals surface area contributed by atoms with E-state index in [9.17, 15) is 9.59 Å². The first-order valence-electron chi connectivity index (χ1n) is 3.00. The number of rotatable bonds is 3. The molecule has 4 heteroatoms. The highest BCUT2D eigenvalue weighted by atomic mass is 16.2. The van der Waals surface area contributed by atoms with Gasteiger partial charge in [0.05, 0.1) is 0 Å². The third-order valence-electron chi connectivity index (χ3n) is 0.921. The summed E-state index contributed by atoms with van der Waals surface area (Å²) in [5, 5.41) is 2.41. The average Bonchev–Trinajstić information content (AvgIpc) is 1.88. The molecule has 10 heavy (non-hydrogen) atoms. The number of carbonyl (C=O) groups is 1. The van der Waals surface area contributed by atoms with Crippen molar-refractivity contribution in [1.82, 2.24) is 5.32 Å². The van der Waals surface area contributed by atoms with E-state index < -0.39 is 0 Å². The zero-order valence-electron chi connectivity index (χ0n) is 6.05. The van der Waals surface area contributed by atoms with Crippen molar-refractivity contribution in [2.24, 2.45) is 10.9 Å². The summed E-state index contributed by atoms with van der Waals surface area (Å²) in [7, 11) is 0. The maximum Gasteiger partial charge on any atom is 0.236 e. The fourth-order valence-corrected chi connectivity index (χ4v) is 0.354. The highest BCUT2D eigenvalue weighted by Crippen LogP contribution is 1.88. The van der Waals surface area contributed by atoms with Crippen LogP contribution in [0.2, 0.25) is 0 Å². The monoisotopic (exact) mass is 142 g/mol. The number of carbonyl (C=O) groups excluding carboxylic acids is 2. The molecule has 0 saturated carbocycles. The first-order valence-corrected chi connectivity index (χ1v) is 3.00. The SMILES string of the molecule is CC(C)C(=O)NCN=C=O. The van der Waals surface area contributed by atoms with Crippen LogP contribution in [0.3, 0.4) is 0 Å². The number of hydrogen-bond acceptors (Lipinski definition) is 3. The molecule has 0 bridgehead atoms. The molecule has 0 rings (SSSR count). The van der Waals surface area contributed by atoms with Crippen molar-refractivity contribution in [2.45, 2.75) is 13.8 Å². The molecule has 0 aliphatic rings. The van der Waals surface area contributed by atoms with E-state index in [1.165, 1.54) is 6.08 Å². The maximum atomic E-state index is 10.7. The normalized spacial score (nSPS) is 8.70. The van der Waals surface area contributed by atoms with Crippen LogP contribution < -0.4 is 5.32 Å². The molecule has 0 unspecified atom stereocenters. The Morgan fingerprint density at radius 1 is 1.70 bits per heavy atom. The van der Waals surface area contributed by atoms with Gasteiger partial charge in [0.2, 0.25) is 12.0 Å². The molecule has 4 nitrogen and oxygen atoms in total. The van der Waals surface area contributed by atoms with Gasteiger partial charge in [-0.15, -0.1) is 0 Å². The first-order chi connectivity index (χ1) is 4.68. The van der Waals surface area contributed by atoms with Crippen LogP contribution in [0, 0.1) is 5.92 Å². The topological polar surface area (TPSA) is 58.5 Å². The largest absolute Gasteiger partial charge is 0.336 e. The van der Waals surface area contributed by atoms with Crippen molar-refractivity contribution < 1.29 is 9.59 Å². The van der Waals surface area contributed by atoms with Gasteiger partial charge in [0.15, 0.2) is 0 Å². The van der Waals surface area contributed by atoms with Crippen LogP contribution in [-0.2, 0) is 9.59 Å². The van der Waals surface area contributed by atoms with Gasteiger partial charge in [-0.3, -0.25) is 4.79 Å². The molecule has 0 heterocycles. The third-order valence-corrected chi connectivity index (χ3v) is 0.921. The van der Waals surface area contributed by atoms with E-state index in [4.69, 9.17) is 0 Å². The molecule has 56 valence electrons. The van der Waals surface area contributed by atoms with Crippen LogP contribution in [0.15, 0.2) is 4.99 Å². The fourth-order valence-electron chi connectivity index (χ4n) is 0.354. The molecule has 1 N–H and O–H groups in total. The molecule has 0 aromatic heterocycles. The Labute approximate surface area is 59.3 Å². The quantitative estimate of drug-likeness (QED) is 0.447. The Morgan fingerprint density at radius 3 is 2.70 bits per heavy atom. The zero-order chi connectivity index (χ0) is 7.98. The van der Waals surface area contributed by atoms with Crippen molar-refractivity contribution in [3.8, 4) is 0 Å². The zero-order valence-corrected chi connectivity index (χ0v) is 6.05. The van der Waals surface area contributed by atoms with Crippen molar-refractivity contribution in [2.75, 3.05) is 6.67 Å². The minimum atomic E-state index is -0.112. The second-order valence-corrected chi connectivity index (χ2v) is 2.10. The van der Waals surface area contributed by atoms with E-state index in [1.807, 2.05) is 0 Å². The Kier molecular flexibility index (Phi) is 4.16. The second kappa shape index (κ2) is 4.70. The number of nitrogens with zero attached hydrogens (tertiary/aromatic N) is 1. The molecule has 0 radical (unpaired) electrons. The Morgan fingerprint density at radius 2 is 2.30 bits per heavy atom. The van der Waals surface area contributed by atoms with Gasteiger partial charge in [-0.1, -0.05) is 13.8 Å². The summed E-state index contributed by atoms with van der Waals surface area (Å²) in [4.78, 5) is 23.4. The summed E-state index contributed by atoms with van der Waals surface area (Å²) >= 11 is 0. The fraction of sp³-hybridized carbons (Fsp3) is 0.667. The smallest absolute Gasteiger partial charge is 0.236 e. The highest BCUT2D eigenvalue weighted by Gasteiger charge is 2.03. The average molecular weight is 142 g/mol. The van der Waals surface area contributed by atoms with E-state index in [0.29, 0.717) is 0 Å². The van der Waals surface area contributed by atoms with Gasteiger partial charge in [0, 0.05) is 5.92 Å². The van der Waals surface area contributed by atoms with Crippen LogP contribution in [0.25, 0.3) is 0 Å². The lowest BCUT2D eigenvalue weighted by atomic mass is 10.2. The standard InChI is InChI=1S/C6H10N2O2/c1-5(2)6(10)8-3-7-4-9/h5H,3H2,1-2H3,(H,8,10). The molecule has 0 aromatic carbocycles. The molecule has 0 aliphatic heterocycles. The van der Waals surface area contributed by atoms with Crippen molar-refractivity contribution in [3.63, 3.8) is 0 Å². The van der Waals surface area contributed by atoms with Crippen molar-refractivity contribution in [3.05, 3.63) is 0 Å². The van der Waals surface area contributed by atoms with Gasteiger partial charge in [-0.25, -0.2) is 4.79 Å². The van der Waals surface area contributed by atoms with E-state index in [-0.39, 0.29) is 18.5 Å². The number of aliphatic imine (C=N–C) groups is 1. The minimum Gasteiger partial charge on any atom is -0.336 e. The van der Waals surface area contributed by atoms with Crippen molar-refractivity contribution >= 4 is 12.0 Å². The predicted octanol–water partition coefficient (Wildman–Crippen LogP) is 0.0519. The van der Waals surface area contributed by atoms with E-state index in [1.54, 1.807) is 13.8 Å². The first kappa shape index (κ1) is 8.85. The Bertz CT molecular complexity index is 159. The van der Waals surface area contributed by atoms with Gasteiger partial charge >= 0.3 is 0 Å². The number of hydrogen-bond donors (Lipinski definition) is 1. The van der Waals surface area contributed by atoms with Gasteiger partial charge < -0.3 is 5.32 Å². The second-order valence-electron chi connectivity index (χ2n) is 2.10. The summed E-state index contributed by atoms with van der Waals surface area (Å²) in [5.41, 5.74) is 0. The van der Waals surface area contributed by atoms with Crippen LogP contribution >= 0.6 is 0 Å². The summed E-state index contributed by atoms with van der Waals surface area (Å²) < 4.78 is 0. The van der Waals surface area contributed by atoms with Crippen LogP contribution in [0.4, 0.5) is 0 Å². The van der Waals surface area contributed by atoms with Gasteiger partial charge in [0.1, 0.15) is 6.67 Å². The molecule has 0 fully saturated rings. The summed E-state index contributed by atoms with van der Waals surface area (Å²) in [6.07, 6.45) is 1.32. The number of nitrogens with one attached hydrogen (secondary N) is 1. The number of amides is 1.